The van der Waals surface area contributed by atoms with Crippen molar-refractivity contribution in [2.75, 3.05) is 5.73 Å². The summed E-state index contributed by atoms with van der Waals surface area (Å²) in [5.74, 6) is 4.40. The van der Waals surface area contributed by atoms with Gasteiger partial charge in [-0.15, -0.1) is 0 Å². The van der Waals surface area contributed by atoms with E-state index < -0.39 is 35.9 Å². The molecular weight excluding hydrogens is 372 g/mol. The van der Waals surface area contributed by atoms with Crippen molar-refractivity contribution in [3.63, 3.8) is 0 Å². The molecular formula is C21H22F4N2O. The molecule has 0 radical (unpaired) electrons. The highest BCUT2D eigenvalue weighted by molar-refractivity contribution is 5.53. The minimum atomic E-state index is -4.91. The topological polar surface area (TPSA) is 59.1 Å². The fourth-order valence-corrected chi connectivity index (χ4v) is 3.22. The minimum Gasteiger partial charge on any atom is -0.396 e. The lowest BCUT2D eigenvalue weighted by atomic mass is 9.72. The molecule has 2 rings (SSSR count). The number of aromatic nitrogens is 1. The third-order valence-electron chi connectivity index (χ3n) is 4.65. The van der Waals surface area contributed by atoms with Gasteiger partial charge >= 0.3 is 6.18 Å². The molecule has 0 aliphatic carbocycles. The summed E-state index contributed by atoms with van der Waals surface area (Å²) >= 11 is 0. The van der Waals surface area contributed by atoms with E-state index in [0.29, 0.717) is 16.7 Å². The summed E-state index contributed by atoms with van der Waals surface area (Å²) in [6.07, 6.45) is -3.66. The van der Waals surface area contributed by atoms with Crippen LogP contribution in [0.1, 0.15) is 43.4 Å². The summed E-state index contributed by atoms with van der Waals surface area (Å²) in [5.41, 5.74) is 3.09. The van der Waals surface area contributed by atoms with Gasteiger partial charge < -0.3 is 10.8 Å². The molecule has 7 heteroatoms. The standard InChI is InChI=1S/C21H22F4N2O/c1-14-6-7-16(22)11-17(14)19(2,3)13-20(28,21(23,24)25)9-4-5-15-8-10-27-12-18(15)26/h6-8,10-12,28H,9,13,26H2,1-3H3. The van der Waals surface area contributed by atoms with E-state index in [0.717, 1.165) is 0 Å². The molecule has 150 valence electrons. The minimum absolute atomic E-state index is 0.237. The summed E-state index contributed by atoms with van der Waals surface area (Å²) in [4.78, 5) is 3.79. The number of aliphatic hydroxyl groups is 1. The summed E-state index contributed by atoms with van der Waals surface area (Å²) in [7, 11) is 0. The van der Waals surface area contributed by atoms with Crippen molar-refractivity contribution in [1.82, 2.24) is 4.98 Å². The zero-order chi connectivity index (χ0) is 21.2. The molecule has 1 unspecified atom stereocenters. The van der Waals surface area contributed by atoms with Crippen LogP contribution in [0.15, 0.2) is 36.7 Å². The maximum Gasteiger partial charge on any atom is 0.418 e. The number of hydrogen-bond acceptors (Lipinski definition) is 3. The van der Waals surface area contributed by atoms with Crippen LogP contribution in [0, 0.1) is 24.6 Å². The molecule has 28 heavy (non-hydrogen) atoms. The molecule has 0 aliphatic heterocycles. The van der Waals surface area contributed by atoms with E-state index in [1.807, 2.05) is 0 Å². The van der Waals surface area contributed by atoms with Crippen LogP contribution >= 0.6 is 0 Å². The van der Waals surface area contributed by atoms with Crippen molar-refractivity contribution >= 4 is 5.69 Å². The monoisotopic (exact) mass is 394 g/mol. The maximum absolute atomic E-state index is 13.7. The molecule has 0 fully saturated rings. The SMILES string of the molecule is Cc1ccc(F)cc1C(C)(C)CC(O)(CC#Cc1ccncc1N)C(F)(F)F. The van der Waals surface area contributed by atoms with Gasteiger partial charge in [0.1, 0.15) is 5.82 Å². The Bertz CT molecular complexity index is 913. The second-order valence-corrected chi connectivity index (χ2v) is 7.49. The molecule has 1 aromatic carbocycles. The Morgan fingerprint density at radius 2 is 1.86 bits per heavy atom. The number of hydrogen-bond donors (Lipinski definition) is 2. The fourth-order valence-electron chi connectivity index (χ4n) is 3.22. The highest BCUT2D eigenvalue weighted by Gasteiger charge is 2.55. The van der Waals surface area contributed by atoms with Gasteiger partial charge in [-0.1, -0.05) is 31.8 Å². The van der Waals surface area contributed by atoms with Crippen LogP contribution in [0.4, 0.5) is 23.2 Å². The Balaban J connectivity index is 2.35. The second-order valence-electron chi connectivity index (χ2n) is 7.49. The van der Waals surface area contributed by atoms with Crippen LogP contribution in [0.3, 0.4) is 0 Å². The van der Waals surface area contributed by atoms with Gasteiger partial charge in [0.2, 0.25) is 0 Å². The molecule has 1 atom stereocenters. The van der Waals surface area contributed by atoms with E-state index in [4.69, 9.17) is 5.73 Å². The zero-order valence-corrected chi connectivity index (χ0v) is 15.9. The highest BCUT2D eigenvalue weighted by atomic mass is 19.4. The molecule has 0 bridgehead atoms. The number of nitrogens with two attached hydrogens (primary N) is 1. The molecule has 0 spiro atoms. The highest BCUT2D eigenvalue weighted by Crippen LogP contribution is 2.43. The van der Waals surface area contributed by atoms with Gasteiger partial charge in [0.05, 0.1) is 17.4 Å². The molecule has 0 saturated carbocycles. The number of alkyl halides is 3. The third-order valence-corrected chi connectivity index (χ3v) is 4.65. The lowest BCUT2D eigenvalue weighted by molar-refractivity contribution is -0.264. The molecule has 0 saturated heterocycles. The molecule has 3 N–H and O–H groups in total. The molecule has 1 aromatic heterocycles. The number of halogens is 4. The molecule has 0 amide bonds. The average molecular weight is 394 g/mol. The largest absolute Gasteiger partial charge is 0.418 e. The predicted molar refractivity (Wildman–Crippen MR) is 99.9 cm³/mol. The van der Waals surface area contributed by atoms with Gasteiger partial charge in [0.25, 0.3) is 0 Å². The summed E-state index contributed by atoms with van der Waals surface area (Å²) in [5, 5.41) is 10.5. The normalized spacial score (nSPS) is 14.1. The fraction of sp³-hybridized carbons (Fsp3) is 0.381. The van der Waals surface area contributed by atoms with Gasteiger partial charge in [0.15, 0.2) is 5.60 Å². The first-order valence-corrected chi connectivity index (χ1v) is 8.60. The van der Waals surface area contributed by atoms with Gasteiger partial charge in [-0.3, -0.25) is 4.98 Å². The second kappa shape index (κ2) is 7.80. The number of benzene rings is 1. The first kappa shape index (κ1) is 21.7. The van der Waals surface area contributed by atoms with Crippen molar-refractivity contribution in [2.45, 2.75) is 50.8 Å². The van der Waals surface area contributed by atoms with Crippen LogP contribution in [0.5, 0.6) is 0 Å². The Hall–Kier alpha value is -2.59. The average Bonchev–Trinajstić information content (AvgIpc) is 2.57. The Labute approximate surface area is 161 Å². The lowest BCUT2D eigenvalue weighted by Gasteiger charge is -2.37. The Kier molecular flexibility index (Phi) is 6.05. The van der Waals surface area contributed by atoms with Crippen LogP contribution in [0.25, 0.3) is 0 Å². The molecule has 0 aliphatic rings. The van der Waals surface area contributed by atoms with E-state index in [2.05, 4.69) is 16.8 Å². The number of nitrogen functional groups attached to an aromatic ring is 1. The van der Waals surface area contributed by atoms with E-state index in [9.17, 15) is 22.7 Å². The smallest absolute Gasteiger partial charge is 0.396 e. The van der Waals surface area contributed by atoms with E-state index in [-0.39, 0.29) is 5.69 Å². The number of aryl methyl sites for hydroxylation is 1. The van der Waals surface area contributed by atoms with Crippen molar-refractivity contribution in [3.8, 4) is 11.8 Å². The number of pyridine rings is 1. The molecule has 3 nitrogen and oxygen atoms in total. The van der Waals surface area contributed by atoms with Gasteiger partial charge in [-0.05, 0) is 48.1 Å². The number of anilines is 1. The van der Waals surface area contributed by atoms with Crippen LogP contribution in [-0.2, 0) is 5.41 Å². The van der Waals surface area contributed by atoms with Crippen molar-refractivity contribution in [3.05, 3.63) is 59.2 Å². The zero-order valence-electron chi connectivity index (χ0n) is 15.9. The molecule has 1 heterocycles. The van der Waals surface area contributed by atoms with Crippen LogP contribution < -0.4 is 5.73 Å². The van der Waals surface area contributed by atoms with Crippen LogP contribution in [0.2, 0.25) is 0 Å². The van der Waals surface area contributed by atoms with E-state index >= 15 is 0 Å². The van der Waals surface area contributed by atoms with Crippen molar-refractivity contribution in [2.24, 2.45) is 0 Å². The summed E-state index contributed by atoms with van der Waals surface area (Å²) < 4.78 is 54.8. The quantitative estimate of drug-likeness (QED) is 0.592. The summed E-state index contributed by atoms with van der Waals surface area (Å²) in [6.45, 7) is 4.77. The number of rotatable bonds is 4. The van der Waals surface area contributed by atoms with Crippen LogP contribution in [-0.4, -0.2) is 21.9 Å². The van der Waals surface area contributed by atoms with Gasteiger partial charge in [-0.25, -0.2) is 4.39 Å². The van der Waals surface area contributed by atoms with Crippen molar-refractivity contribution < 1.29 is 22.7 Å². The van der Waals surface area contributed by atoms with Crippen molar-refractivity contribution in [1.29, 1.82) is 0 Å². The molecule has 2 aromatic rings. The Morgan fingerprint density at radius 1 is 1.18 bits per heavy atom. The van der Waals surface area contributed by atoms with E-state index in [1.54, 1.807) is 20.8 Å². The van der Waals surface area contributed by atoms with Gasteiger partial charge in [-0.2, -0.15) is 13.2 Å². The first-order valence-electron chi connectivity index (χ1n) is 8.60. The van der Waals surface area contributed by atoms with E-state index in [1.165, 1.54) is 36.7 Å². The third kappa shape index (κ3) is 4.82. The predicted octanol–water partition coefficient (Wildman–Crippen LogP) is 4.51. The number of nitrogens with zero attached hydrogens (tertiary/aromatic N) is 1. The maximum atomic E-state index is 13.7. The van der Waals surface area contributed by atoms with Gasteiger partial charge in [0, 0.05) is 12.6 Å². The Morgan fingerprint density at radius 3 is 2.46 bits per heavy atom. The first-order chi connectivity index (χ1) is 12.9. The lowest BCUT2D eigenvalue weighted by Crippen LogP contribution is -2.49. The summed E-state index contributed by atoms with van der Waals surface area (Å²) in [6, 6.07) is 5.44.